The molecule has 2 aliphatic rings. The number of carbonyl (C=O) groups excluding carboxylic acids is 4. The second kappa shape index (κ2) is 14.8. The molecule has 0 saturated carbocycles. The molecule has 0 aliphatic heterocycles. The average molecular weight is 396 g/mol. The van der Waals surface area contributed by atoms with Gasteiger partial charge in [-0.25, -0.2) is 0 Å². The van der Waals surface area contributed by atoms with Gasteiger partial charge in [0.1, 0.15) is 0 Å². The summed E-state index contributed by atoms with van der Waals surface area (Å²) in [6.45, 7) is 0. The van der Waals surface area contributed by atoms with Crippen LogP contribution in [-0.2, 0) is 19.2 Å². The number of carbonyl (C=O) groups is 4. The Labute approximate surface area is 237 Å². The van der Waals surface area contributed by atoms with E-state index in [1.165, 1.54) is 24.3 Å². The Kier molecular flexibility index (Phi) is 19.5. The van der Waals surface area contributed by atoms with E-state index in [-0.39, 0.29) is 118 Å². The van der Waals surface area contributed by atoms with E-state index in [1.807, 2.05) is 0 Å². The maximum Gasteiger partial charge on any atom is 1.00 e. The summed E-state index contributed by atoms with van der Waals surface area (Å²) in [4.78, 5) is 41.3. The summed E-state index contributed by atoms with van der Waals surface area (Å²) in [6.07, 6.45) is 9.35. The van der Waals surface area contributed by atoms with Gasteiger partial charge < -0.3 is 39.6 Å². The molecule has 0 atom stereocenters. The van der Waals surface area contributed by atoms with Crippen LogP contribution in [0.25, 0.3) is 0 Å². The van der Waals surface area contributed by atoms with Crippen molar-refractivity contribution < 1.29 is 158 Å². The number of aliphatic carboxylic acids is 4. The number of allylic oxidation sites excluding steroid dienone is 4. The van der Waals surface area contributed by atoms with Gasteiger partial charge in [-0.1, -0.05) is 48.6 Å². The molecule has 0 radical (unpaired) electrons. The Hall–Kier alpha value is 0.840. The van der Waals surface area contributed by atoms with Crippen LogP contribution in [0.3, 0.4) is 0 Å². The molecule has 8 nitrogen and oxygen atoms in total. The quantitative estimate of drug-likeness (QED) is 0.334. The zero-order chi connectivity index (χ0) is 17.0. The van der Waals surface area contributed by atoms with Gasteiger partial charge in [0, 0.05) is 0 Å². The minimum atomic E-state index is -2.06. The molecule has 26 heavy (non-hydrogen) atoms. The van der Waals surface area contributed by atoms with E-state index in [0.29, 0.717) is 0 Å². The van der Waals surface area contributed by atoms with Crippen LogP contribution in [0, 0.1) is 10.8 Å². The third-order valence-electron chi connectivity index (χ3n) is 3.01. The van der Waals surface area contributed by atoms with Crippen LogP contribution >= 0.6 is 0 Å². The van der Waals surface area contributed by atoms with Crippen LogP contribution in [0.15, 0.2) is 48.6 Å². The molecule has 0 N–H and O–H groups in total. The first-order valence-corrected chi connectivity index (χ1v) is 5.79. The molecule has 0 saturated heterocycles. The van der Waals surface area contributed by atoms with Crippen molar-refractivity contribution in [1.82, 2.24) is 0 Å². The van der Waals surface area contributed by atoms with Crippen molar-refractivity contribution >= 4 is 23.9 Å². The first kappa shape index (κ1) is 34.4. The summed E-state index contributed by atoms with van der Waals surface area (Å²) in [5.74, 6) is -6.71. The molecule has 0 bridgehead atoms. The van der Waals surface area contributed by atoms with Gasteiger partial charge in [0.2, 0.25) is 0 Å². The van der Waals surface area contributed by atoms with Gasteiger partial charge in [-0.05, 0) is 0 Å². The zero-order valence-corrected chi connectivity index (χ0v) is 22.9. The Morgan fingerprint density at radius 1 is 0.462 bits per heavy atom. The molecular formula is C14H8Na4O8. The van der Waals surface area contributed by atoms with Gasteiger partial charge in [0.15, 0.2) is 0 Å². The van der Waals surface area contributed by atoms with Crippen LogP contribution < -0.4 is 139 Å². The van der Waals surface area contributed by atoms with Gasteiger partial charge in [0.25, 0.3) is 0 Å². The van der Waals surface area contributed by atoms with E-state index >= 15 is 0 Å². The largest absolute Gasteiger partial charge is 1.00 e. The molecule has 0 aromatic heterocycles. The third kappa shape index (κ3) is 7.69. The van der Waals surface area contributed by atoms with Crippen molar-refractivity contribution in [2.45, 2.75) is 0 Å². The SMILES string of the molecule is O=C([O-])C1(C(=O)[O-])C=CC=C1.O=C([O-])C1(C(=O)[O-])C=CC=C1.[Na+].[Na+].[Na+].[Na+]. The Morgan fingerprint density at radius 3 is 0.692 bits per heavy atom. The first-order valence-electron chi connectivity index (χ1n) is 5.79. The molecule has 0 amide bonds. The number of rotatable bonds is 4. The van der Waals surface area contributed by atoms with Crippen molar-refractivity contribution in [3.63, 3.8) is 0 Å². The summed E-state index contributed by atoms with van der Waals surface area (Å²) in [6, 6.07) is 0. The van der Waals surface area contributed by atoms with Crippen LogP contribution in [0.4, 0.5) is 0 Å². The summed E-state index contributed by atoms with van der Waals surface area (Å²) in [5, 5.41) is 41.3. The molecule has 0 fully saturated rings. The minimum Gasteiger partial charge on any atom is -0.548 e. The van der Waals surface area contributed by atoms with E-state index in [1.54, 1.807) is 0 Å². The number of hydrogen-bond acceptors (Lipinski definition) is 8. The maximum absolute atomic E-state index is 10.3. The predicted octanol–water partition coefficient (Wildman–Crippen LogP) is -16.8. The van der Waals surface area contributed by atoms with Gasteiger partial charge in [-0.15, -0.1) is 0 Å². The van der Waals surface area contributed by atoms with E-state index < -0.39 is 34.7 Å². The van der Waals surface area contributed by atoms with Gasteiger partial charge in [-0.2, -0.15) is 0 Å². The van der Waals surface area contributed by atoms with Gasteiger partial charge in [-0.3, -0.25) is 0 Å². The smallest absolute Gasteiger partial charge is 0.548 e. The number of hydrogen-bond donors (Lipinski definition) is 0. The standard InChI is InChI=1S/2C7H6O4.4Na/c2*8-5(9)7(6(10)11)3-1-2-4-7;;;;/h2*1-4H,(H,8,9)(H,10,11);;;;/q;;4*+1/p-4. The molecule has 0 unspecified atom stereocenters. The molecule has 12 heteroatoms. The summed E-state index contributed by atoms with van der Waals surface area (Å²) in [5.41, 5.74) is -4.11. The first-order chi connectivity index (χ1) is 10.2. The second-order valence-corrected chi connectivity index (χ2v) is 4.32. The van der Waals surface area contributed by atoms with Crippen LogP contribution in [-0.4, -0.2) is 23.9 Å². The Balaban J connectivity index is -0.000000161. The molecule has 116 valence electrons. The van der Waals surface area contributed by atoms with Crippen molar-refractivity contribution in [2.75, 3.05) is 0 Å². The number of carboxylic acids is 4. The van der Waals surface area contributed by atoms with Crippen LogP contribution in [0.1, 0.15) is 0 Å². The van der Waals surface area contributed by atoms with E-state index in [2.05, 4.69) is 0 Å². The number of carboxylic acid groups (broad SMARTS) is 4. The Morgan fingerprint density at radius 2 is 0.615 bits per heavy atom. The van der Waals surface area contributed by atoms with Crippen LogP contribution in [0.5, 0.6) is 0 Å². The van der Waals surface area contributed by atoms with E-state index in [9.17, 15) is 39.6 Å². The summed E-state index contributed by atoms with van der Waals surface area (Å²) < 4.78 is 0. The second-order valence-electron chi connectivity index (χ2n) is 4.32. The molecule has 2 aliphatic carbocycles. The molecule has 0 heterocycles. The fourth-order valence-corrected chi connectivity index (χ4v) is 1.65. The topological polar surface area (TPSA) is 161 Å². The fourth-order valence-electron chi connectivity index (χ4n) is 1.65. The van der Waals surface area contributed by atoms with Crippen molar-refractivity contribution in [2.24, 2.45) is 10.8 Å². The van der Waals surface area contributed by atoms with Gasteiger partial charge in [0.05, 0.1) is 34.7 Å². The molecule has 0 spiro atoms. The molecule has 2 rings (SSSR count). The van der Waals surface area contributed by atoms with Gasteiger partial charge >= 0.3 is 118 Å². The normalized spacial score (nSPS) is 15.7. The maximum atomic E-state index is 10.3. The average Bonchev–Trinajstić information content (AvgIpc) is 3.10. The fraction of sp³-hybridized carbons (Fsp3) is 0.143. The van der Waals surface area contributed by atoms with E-state index in [4.69, 9.17) is 0 Å². The third-order valence-corrected chi connectivity index (χ3v) is 3.01. The predicted molar refractivity (Wildman–Crippen MR) is 61.5 cm³/mol. The van der Waals surface area contributed by atoms with Crippen LogP contribution in [0.2, 0.25) is 0 Å². The van der Waals surface area contributed by atoms with Crippen molar-refractivity contribution in [3.8, 4) is 0 Å². The molecular weight excluding hydrogens is 388 g/mol. The van der Waals surface area contributed by atoms with Crippen molar-refractivity contribution in [1.29, 1.82) is 0 Å². The molecule has 0 aromatic carbocycles. The minimum absolute atomic E-state index is 0. The summed E-state index contributed by atoms with van der Waals surface area (Å²) in [7, 11) is 0. The van der Waals surface area contributed by atoms with E-state index in [0.717, 1.165) is 24.3 Å². The zero-order valence-electron chi connectivity index (χ0n) is 14.9. The summed E-state index contributed by atoms with van der Waals surface area (Å²) >= 11 is 0. The molecule has 0 aromatic rings. The Bertz CT molecular complexity index is 539. The van der Waals surface area contributed by atoms with Crippen molar-refractivity contribution in [3.05, 3.63) is 48.6 Å². The monoisotopic (exact) mass is 396 g/mol.